The quantitative estimate of drug-likeness (QED) is 0.792. The first-order valence-electron chi connectivity index (χ1n) is 5.08. The molecule has 2 heterocycles. The third-order valence-corrected chi connectivity index (χ3v) is 3.56. The minimum atomic E-state index is 1.05. The first-order valence-corrected chi connectivity index (χ1v) is 5.90. The van der Waals surface area contributed by atoms with Gasteiger partial charge in [-0.25, -0.2) is 0 Å². The van der Waals surface area contributed by atoms with Gasteiger partial charge in [0.1, 0.15) is 0 Å². The van der Waals surface area contributed by atoms with E-state index < -0.39 is 0 Å². The van der Waals surface area contributed by atoms with Crippen LogP contribution in [0.4, 0.5) is 0 Å². The van der Waals surface area contributed by atoms with Crippen LogP contribution in [0.15, 0.2) is 53.7 Å². The van der Waals surface area contributed by atoms with E-state index in [9.17, 15) is 0 Å². The van der Waals surface area contributed by atoms with Crippen molar-refractivity contribution in [3.8, 4) is 0 Å². The molecular formula is C13H10N2S. The number of hydrogen-bond donors (Lipinski definition) is 1. The van der Waals surface area contributed by atoms with Crippen molar-refractivity contribution in [1.29, 1.82) is 0 Å². The average Bonchev–Trinajstić information content (AvgIpc) is 2.56. The van der Waals surface area contributed by atoms with Crippen LogP contribution in [0, 0.1) is 0 Å². The maximum Gasteiger partial charge on any atom is 0.0734 e. The predicted octanol–water partition coefficient (Wildman–Crippen LogP) is 3.39. The van der Waals surface area contributed by atoms with Gasteiger partial charge in [0.05, 0.1) is 10.6 Å². The fraction of sp³-hybridized carbons (Fsp3) is 0. The van der Waals surface area contributed by atoms with Crippen LogP contribution in [0.2, 0.25) is 0 Å². The Morgan fingerprint density at radius 3 is 3.00 bits per heavy atom. The number of nitrogens with zero attached hydrogens (tertiary/aromatic N) is 1. The second kappa shape index (κ2) is 3.94. The maximum absolute atomic E-state index is 4.08. The Kier molecular flexibility index (Phi) is 2.31. The molecular weight excluding hydrogens is 216 g/mol. The molecule has 1 aliphatic rings. The van der Waals surface area contributed by atoms with E-state index in [2.05, 4.69) is 40.9 Å². The normalized spacial score (nSPS) is 14.6. The van der Waals surface area contributed by atoms with Gasteiger partial charge >= 0.3 is 0 Å². The Labute approximate surface area is 97.6 Å². The van der Waals surface area contributed by atoms with Crippen LogP contribution in [-0.4, -0.2) is 6.21 Å². The van der Waals surface area contributed by atoms with Crippen molar-refractivity contribution < 1.29 is 0 Å². The molecule has 1 N–H and O–H groups in total. The van der Waals surface area contributed by atoms with Crippen LogP contribution in [0.5, 0.6) is 0 Å². The largest absolute Gasteiger partial charge is 0.277 e. The number of nitrogens with one attached hydrogen (secondary N) is 1. The molecule has 1 aromatic carbocycles. The molecule has 0 saturated heterocycles. The summed E-state index contributed by atoms with van der Waals surface area (Å²) in [5, 5.41) is 5.36. The molecule has 0 atom stereocenters. The third-order valence-electron chi connectivity index (χ3n) is 2.41. The smallest absolute Gasteiger partial charge is 0.0734 e. The predicted molar refractivity (Wildman–Crippen MR) is 70.6 cm³/mol. The van der Waals surface area contributed by atoms with Gasteiger partial charge in [-0.3, -0.25) is 5.43 Å². The van der Waals surface area contributed by atoms with E-state index in [1.165, 1.54) is 15.0 Å². The summed E-state index contributed by atoms with van der Waals surface area (Å²) in [4.78, 5) is 1.21. The van der Waals surface area contributed by atoms with Gasteiger partial charge in [-0.15, -0.1) is 11.3 Å². The van der Waals surface area contributed by atoms with Crippen LogP contribution in [-0.2, 0) is 0 Å². The summed E-state index contributed by atoms with van der Waals surface area (Å²) in [6.07, 6.45) is 7.69. The van der Waals surface area contributed by atoms with Crippen LogP contribution >= 0.6 is 11.3 Å². The van der Waals surface area contributed by atoms with Crippen LogP contribution in [0.1, 0.15) is 4.88 Å². The lowest BCUT2D eigenvalue weighted by Crippen LogP contribution is -2.01. The van der Waals surface area contributed by atoms with Gasteiger partial charge in [0.25, 0.3) is 0 Å². The molecule has 0 spiro atoms. The third kappa shape index (κ3) is 1.66. The second-order valence-corrected chi connectivity index (χ2v) is 4.59. The van der Waals surface area contributed by atoms with Gasteiger partial charge in [-0.1, -0.05) is 24.3 Å². The molecule has 1 aliphatic heterocycles. The van der Waals surface area contributed by atoms with Crippen molar-refractivity contribution in [2.75, 3.05) is 0 Å². The van der Waals surface area contributed by atoms with E-state index in [1.807, 2.05) is 18.2 Å². The Balaban J connectivity index is 2.09. The summed E-state index contributed by atoms with van der Waals surface area (Å²) in [6.45, 7) is 0. The van der Waals surface area contributed by atoms with Crippen molar-refractivity contribution in [3.05, 3.63) is 53.4 Å². The van der Waals surface area contributed by atoms with E-state index in [-0.39, 0.29) is 0 Å². The molecule has 0 aliphatic carbocycles. The highest BCUT2D eigenvalue weighted by Crippen LogP contribution is 2.29. The minimum absolute atomic E-state index is 1.05. The van der Waals surface area contributed by atoms with Gasteiger partial charge in [-0.05, 0) is 29.7 Å². The summed E-state index contributed by atoms with van der Waals surface area (Å²) in [5.74, 6) is 0. The molecule has 0 radical (unpaired) electrons. The van der Waals surface area contributed by atoms with Crippen molar-refractivity contribution in [1.82, 2.24) is 5.43 Å². The molecule has 2 nitrogen and oxygen atoms in total. The molecule has 3 heteroatoms. The number of hydrogen-bond acceptors (Lipinski definition) is 3. The fourth-order valence-corrected chi connectivity index (χ4v) is 2.68. The van der Waals surface area contributed by atoms with Gasteiger partial charge in [0.2, 0.25) is 0 Å². The van der Waals surface area contributed by atoms with E-state index in [1.54, 1.807) is 17.6 Å². The molecule has 1 aromatic heterocycles. The lowest BCUT2D eigenvalue weighted by Gasteiger charge is -2.00. The average molecular weight is 226 g/mol. The SMILES string of the molecule is C1=CC=C(c2cc3ccccc3s2)NN=C1. The number of fused-ring (bicyclic) bond motifs is 1. The fourth-order valence-electron chi connectivity index (χ4n) is 1.64. The summed E-state index contributed by atoms with van der Waals surface area (Å²) in [7, 11) is 0. The van der Waals surface area contributed by atoms with Crippen LogP contribution in [0.3, 0.4) is 0 Å². The van der Waals surface area contributed by atoms with Crippen LogP contribution < -0.4 is 5.43 Å². The molecule has 0 amide bonds. The molecule has 3 rings (SSSR count). The lowest BCUT2D eigenvalue weighted by atomic mass is 10.2. The van der Waals surface area contributed by atoms with Crippen molar-refractivity contribution in [2.24, 2.45) is 5.10 Å². The molecule has 0 saturated carbocycles. The molecule has 78 valence electrons. The van der Waals surface area contributed by atoms with Gasteiger partial charge in [0.15, 0.2) is 0 Å². The van der Waals surface area contributed by atoms with E-state index >= 15 is 0 Å². The van der Waals surface area contributed by atoms with Crippen molar-refractivity contribution in [3.63, 3.8) is 0 Å². The zero-order chi connectivity index (χ0) is 10.8. The summed E-state index contributed by atoms with van der Waals surface area (Å²) < 4.78 is 1.30. The highest BCUT2D eigenvalue weighted by molar-refractivity contribution is 7.20. The lowest BCUT2D eigenvalue weighted by molar-refractivity contribution is 1.01. The molecule has 16 heavy (non-hydrogen) atoms. The topological polar surface area (TPSA) is 24.4 Å². The zero-order valence-electron chi connectivity index (χ0n) is 8.55. The monoisotopic (exact) mass is 226 g/mol. The summed E-state index contributed by atoms with van der Waals surface area (Å²) in [6, 6.07) is 10.6. The van der Waals surface area contributed by atoms with Crippen molar-refractivity contribution >= 4 is 33.3 Å². The number of rotatable bonds is 1. The van der Waals surface area contributed by atoms with E-state index in [0.29, 0.717) is 0 Å². The van der Waals surface area contributed by atoms with Crippen molar-refractivity contribution in [2.45, 2.75) is 0 Å². The molecule has 0 unspecified atom stereocenters. The highest BCUT2D eigenvalue weighted by Gasteiger charge is 2.05. The second-order valence-electron chi connectivity index (χ2n) is 3.50. The summed E-state index contributed by atoms with van der Waals surface area (Å²) >= 11 is 1.77. The van der Waals surface area contributed by atoms with Gasteiger partial charge in [-0.2, -0.15) is 5.10 Å². The number of benzene rings is 1. The van der Waals surface area contributed by atoms with Gasteiger partial charge < -0.3 is 0 Å². The number of hydrazone groups is 1. The number of thiophene rings is 1. The summed E-state index contributed by atoms with van der Waals surface area (Å²) in [5.41, 5.74) is 4.08. The Hall–Kier alpha value is -1.87. The molecule has 0 fully saturated rings. The zero-order valence-corrected chi connectivity index (χ0v) is 9.37. The minimum Gasteiger partial charge on any atom is -0.277 e. The highest BCUT2D eigenvalue weighted by atomic mass is 32.1. The Morgan fingerprint density at radius 1 is 1.12 bits per heavy atom. The molecule has 0 bridgehead atoms. The first kappa shape index (κ1) is 9.36. The Morgan fingerprint density at radius 2 is 2.06 bits per heavy atom. The van der Waals surface area contributed by atoms with E-state index in [4.69, 9.17) is 0 Å². The maximum atomic E-state index is 4.08. The number of allylic oxidation sites excluding steroid dienone is 3. The standard InChI is InChI=1S/C13H10N2S/c1-2-7-12-10(5-1)9-13(16-12)11-6-3-4-8-14-15-11/h1-9,15H. The Bertz CT molecular complexity index is 572. The first-order chi connectivity index (χ1) is 7.93. The van der Waals surface area contributed by atoms with Gasteiger partial charge in [0, 0.05) is 10.9 Å². The van der Waals surface area contributed by atoms with E-state index in [0.717, 1.165) is 5.70 Å². The van der Waals surface area contributed by atoms with Crippen LogP contribution in [0.25, 0.3) is 15.8 Å². The molecule has 2 aromatic rings.